The molecule has 98 valence electrons. The molecule has 0 radical (unpaired) electrons. The van der Waals surface area contributed by atoms with E-state index in [2.05, 4.69) is 36.1 Å². The van der Waals surface area contributed by atoms with E-state index in [1.54, 1.807) is 11.1 Å². The number of aryl methyl sites for hydroxylation is 1. The number of rotatable bonds is 2. The number of hydrogen-bond donors (Lipinski definition) is 1. The van der Waals surface area contributed by atoms with Crippen LogP contribution in [-0.4, -0.2) is 24.0 Å². The molecule has 0 saturated carbocycles. The molecule has 1 aromatic rings. The number of piperidine rings is 1. The van der Waals surface area contributed by atoms with Gasteiger partial charge in [-0.05, 0) is 36.3 Å². The zero-order valence-electron chi connectivity index (χ0n) is 11.3. The second-order valence-corrected chi connectivity index (χ2v) is 5.87. The first-order valence-electron chi connectivity index (χ1n) is 7.37. The van der Waals surface area contributed by atoms with Gasteiger partial charge in [0.05, 0.1) is 0 Å². The van der Waals surface area contributed by atoms with Gasteiger partial charge in [0.15, 0.2) is 0 Å². The molecule has 3 unspecified atom stereocenters. The predicted molar refractivity (Wildman–Crippen MR) is 75.5 cm³/mol. The lowest BCUT2D eigenvalue weighted by molar-refractivity contribution is 0.106. The van der Waals surface area contributed by atoms with Gasteiger partial charge in [0.25, 0.3) is 0 Å². The summed E-state index contributed by atoms with van der Waals surface area (Å²) in [5, 5.41) is 0. The molecule has 1 aliphatic carbocycles. The zero-order chi connectivity index (χ0) is 12.5. The van der Waals surface area contributed by atoms with E-state index in [0.717, 1.165) is 6.42 Å². The maximum absolute atomic E-state index is 6.22. The third kappa shape index (κ3) is 2.08. The number of nitrogens with two attached hydrogens (primary N) is 1. The molecule has 3 atom stereocenters. The van der Waals surface area contributed by atoms with Crippen LogP contribution in [0.2, 0.25) is 0 Å². The van der Waals surface area contributed by atoms with E-state index in [1.807, 2.05) is 0 Å². The summed E-state index contributed by atoms with van der Waals surface area (Å²) in [5.74, 6) is 0.687. The fourth-order valence-corrected chi connectivity index (χ4v) is 3.71. The molecular weight excluding hydrogens is 220 g/mol. The van der Waals surface area contributed by atoms with Gasteiger partial charge >= 0.3 is 0 Å². The van der Waals surface area contributed by atoms with Crippen molar-refractivity contribution >= 4 is 0 Å². The Kier molecular flexibility index (Phi) is 3.40. The van der Waals surface area contributed by atoms with Gasteiger partial charge < -0.3 is 5.73 Å². The SMILES string of the molecule is CCC1CN(C2CCc3ccccc32)CCC1N. The highest BCUT2D eigenvalue weighted by atomic mass is 15.2. The molecular formula is C16H24N2. The summed E-state index contributed by atoms with van der Waals surface area (Å²) in [6.07, 6.45) is 4.93. The van der Waals surface area contributed by atoms with Crippen molar-refractivity contribution in [2.75, 3.05) is 13.1 Å². The van der Waals surface area contributed by atoms with Crippen molar-refractivity contribution in [1.29, 1.82) is 0 Å². The smallest absolute Gasteiger partial charge is 0.0354 e. The first-order valence-corrected chi connectivity index (χ1v) is 7.37. The molecule has 1 fully saturated rings. The first kappa shape index (κ1) is 12.2. The van der Waals surface area contributed by atoms with Crippen LogP contribution in [0.5, 0.6) is 0 Å². The van der Waals surface area contributed by atoms with Crippen molar-refractivity contribution in [3.8, 4) is 0 Å². The van der Waals surface area contributed by atoms with Crippen molar-refractivity contribution in [1.82, 2.24) is 4.90 Å². The zero-order valence-corrected chi connectivity index (χ0v) is 11.3. The lowest BCUT2D eigenvalue weighted by atomic mass is 9.89. The summed E-state index contributed by atoms with van der Waals surface area (Å²) in [7, 11) is 0. The minimum Gasteiger partial charge on any atom is -0.327 e. The number of hydrogen-bond acceptors (Lipinski definition) is 2. The summed E-state index contributed by atoms with van der Waals surface area (Å²) in [6.45, 7) is 4.64. The van der Waals surface area contributed by atoms with Gasteiger partial charge in [-0.15, -0.1) is 0 Å². The number of fused-ring (bicyclic) bond motifs is 1. The third-order valence-electron chi connectivity index (χ3n) is 4.89. The van der Waals surface area contributed by atoms with Crippen LogP contribution < -0.4 is 5.73 Å². The van der Waals surface area contributed by atoms with E-state index < -0.39 is 0 Å². The molecule has 0 amide bonds. The molecule has 0 aromatic heterocycles. The van der Waals surface area contributed by atoms with E-state index in [1.165, 1.54) is 32.4 Å². The van der Waals surface area contributed by atoms with Crippen LogP contribution in [0.25, 0.3) is 0 Å². The van der Waals surface area contributed by atoms with Crippen LogP contribution in [0.4, 0.5) is 0 Å². The van der Waals surface area contributed by atoms with Crippen molar-refractivity contribution in [2.24, 2.45) is 11.7 Å². The summed E-state index contributed by atoms with van der Waals surface area (Å²) >= 11 is 0. The maximum Gasteiger partial charge on any atom is 0.0354 e. The van der Waals surface area contributed by atoms with Gasteiger partial charge in [-0.2, -0.15) is 0 Å². The Labute approximate surface area is 110 Å². The highest BCUT2D eigenvalue weighted by Crippen LogP contribution is 2.37. The molecule has 1 heterocycles. The molecule has 18 heavy (non-hydrogen) atoms. The Morgan fingerprint density at radius 2 is 2.11 bits per heavy atom. The second kappa shape index (κ2) is 5.02. The molecule has 1 aliphatic heterocycles. The van der Waals surface area contributed by atoms with Crippen LogP contribution in [0.1, 0.15) is 43.4 Å². The maximum atomic E-state index is 6.22. The summed E-state index contributed by atoms with van der Waals surface area (Å²) < 4.78 is 0. The first-order chi connectivity index (χ1) is 8.79. The van der Waals surface area contributed by atoms with Crippen molar-refractivity contribution < 1.29 is 0 Å². The van der Waals surface area contributed by atoms with Gasteiger partial charge in [-0.1, -0.05) is 37.6 Å². The Bertz CT molecular complexity index is 415. The highest BCUT2D eigenvalue weighted by molar-refractivity contribution is 5.34. The van der Waals surface area contributed by atoms with Gasteiger partial charge in [-0.3, -0.25) is 4.90 Å². The van der Waals surface area contributed by atoms with Gasteiger partial charge in [0.1, 0.15) is 0 Å². The van der Waals surface area contributed by atoms with Gasteiger partial charge in [-0.25, -0.2) is 0 Å². The van der Waals surface area contributed by atoms with E-state index >= 15 is 0 Å². The second-order valence-electron chi connectivity index (χ2n) is 5.87. The van der Waals surface area contributed by atoms with E-state index in [4.69, 9.17) is 5.73 Å². The largest absolute Gasteiger partial charge is 0.327 e. The van der Waals surface area contributed by atoms with Crippen LogP contribution in [-0.2, 0) is 6.42 Å². The molecule has 0 spiro atoms. The number of nitrogens with zero attached hydrogens (tertiary/aromatic N) is 1. The minimum atomic E-state index is 0.419. The number of likely N-dealkylation sites (tertiary alicyclic amines) is 1. The summed E-state index contributed by atoms with van der Waals surface area (Å²) in [5.41, 5.74) is 9.35. The van der Waals surface area contributed by atoms with Crippen molar-refractivity contribution in [2.45, 2.75) is 44.7 Å². The normalized spacial score (nSPS) is 32.4. The lowest BCUT2D eigenvalue weighted by Crippen LogP contribution is -2.47. The molecule has 2 N–H and O–H groups in total. The molecule has 2 aliphatic rings. The quantitative estimate of drug-likeness (QED) is 0.866. The molecule has 2 nitrogen and oxygen atoms in total. The van der Waals surface area contributed by atoms with Gasteiger partial charge in [0, 0.05) is 25.2 Å². The average Bonchev–Trinajstić information content (AvgIpc) is 2.83. The van der Waals surface area contributed by atoms with Crippen LogP contribution in [0.15, 0.2) is 24.3 Å². The van der Waals surface area contributed by atoms with Crippen molar-refractivity contribution in [3.05, 3.63) is 35.4 Å². The molecule has 1 aromatic carbocycles. The molecule has 1 saturated heterocycles. The molecule has 2 heteroatoms. The Hall–Kier alpha value is -0.860. The molecule has 0 bridgehead atoms. The Morgan fingerprint density at radius 3 is 2.94 bits per heavy atom. The average molecular weight is 244 g/mol. The van der Waals surface area contributed by atoms with E-state index in [-0.39, 0.29) is 0 Å². The lowest BCUT2D eigenvalue weighted by Gasteiger charge is -2.40. The third-order valence-corrected chi connectivity index (χ3v) is 4.89. The Balaban J connectivity index is 1.77. The minimum absolute atomic E-state index is 0.419. The van der Waals surface area contributed by atoms with E-state index in [9.17, 15) is 0 Å². The van der Waals surface area contributed by atoms with E-state index in [0.29, 0.717) is 18.0 Å². The Morgan fingerprint density at radius 1 is 1.28 bits per heavy atom. The number of benzene rings is 1. The van der Waals surface area contributed by atoms with Crippen molar-refractivity contribution in [3.63, 3.8) is 0 Å². The summed E-state index contributed by atoms with van der Waals surface area (Å²) in [6, 6.07) is 10.0. The summed E-state index contributed by atoms with van der Waals surface area (Å²) in [4.78, 5) is 2.68. The molecule has 3 rings (SSSR count). The predicted octanol–water partition coefficient (Wildman–Crippen LogP) is 2.73. The van der Waals surface area contributed by atoms with Crippen LogP contribution >= 0.6 is 0 Å². The fraction of sp³-hybridized carbons (Fsp3) is 0.625. The van der Waals surface area contributed by atoms with Crippen LogP contribution in [0.3, 0.4) is 0 Å². The fourth-order valence-electron chi connectivity index (χ4n) is 3.71. The topological polar surface area (TPSA) is 29.3 Å². The van der Waals surface area contributed by atoms with Gasteiger partial charge in [0.2, 0.25) is 0 Å². The standard InChI is InChI=1S/C16H24N2/c1-2-12-11-18(10-9-15(12)17)16-8-7-13-5-3-4-6-14(13)16/h3-6,12,15-16H,2,7-11,17H2,1H3. The highest BCUT2D eigenvalue weighted by Gasteiger charge is 2.33. The monoisotopic (exact) mass is 244 g/mol. The van der Waals surface area contributed by atoms with Crippen LogP contribution in [0, 0.1) is 5.92 Å².